The van der Waals surface area contributed by atoms with Crippen molar-refractivity contribution in [1.29, 1.82) is 0 Å². The molecule has 30 heavy (non-hydrogen) atoms. The van der Waals surface area contributed by atoms with Crippen molar-refractivity contribution in [2.45, 2.75) is 23.3 Å². The van der Waals surface area contributed by atoms with Crippen LogP contribution in [-0.4, -0.2) is 13.1 Å². The van der Waals surface area contributed by atoms with Crippen LogP contribution >= 0.6 is 0 Å². The summed E-state index contributed by atoms with van der Waals surface area (Å²) in [5.74, 6) is -0.293. The van der Waals surface area contributed by atoms with E-state index in [-0.39, 0.29) is 11.9 Å². The topological polar surface area (TPSA) is 56.5 Å². The Labute approximate surface area is 173 Å². The van der Waals surface area contributed by atoms with Crippen molar-refractivity contribution in [3.8, 4) is 0 Å². The number of carbonyl (C=O) groups excluding carboxylic acids is 1. The minimum Gasteiger partial charge on any atom is -0.472 e. The number of furan rings is 2. The SMILES string of the molecule is COC(=O)[C@]12CC(c3ccoc3)(c3ccoc3)[C@H](c3ccccc31)c1cccc[n+]12. The number of carbonyl (C=O) groups is 1. The molecule has 2 aliphatic heterocycles. The number of methoxy groups -OCH3 is 1. The quantitative estimate of drug-likeness (QED) is 0.388. The monoisotopic (exact) mass is 398 g/mol. The normalized spacial score (nSPS) is 22.9. The van der Waals surface area contributed by atoms with Gasteiger partial charge in [-0.25, -0.2) is 4.79 Å². The number of pyridine rings is 1. The van der Waals surface area contributed by atoms with Crippen molar-refractivity contribution in [2.75, 3.05) is 7.11 Å². The van der Waals surface area contributed by atoms with Crippen LogP contribution in [0.2, 0.25) is 0 Å². The molecule has 2 atom stereocenters. The van der Waals surface area contributed by atoms with Gasteiger partial charge in [0, 0.05) is 35.2 Å². The molecular weight excluding hydrogens is 378 g/mol. The molecule has 3 aromatic heterocycles. The fourth-order valence-electron chi connectivity index (χ4n) is 5.85. The third-order valence-electron chi connectivity index (χ3n) is 6.94. The molecule has 1 aromatic carbocycles. The minimum absolute atomic E-state index is 0.0170. The number of esters is 1. The number of hydrogen-bond acceptors (Lipinski definition) is 4. The van der Waals surface area contributed by atoms with E-state index >= 15 is 0 Å². The standard InChI is InChI=1S/C25H20NO4/c1-28-23(27)25-16-24(17-9-12-29-14-17,18-10-13-30-15-18)22(19-6-2-3-7-20(19)25)21-8-4-5-11-26(21)25/h2-15,22H,16H2,1H3/q+1/t22-,25+/m1/s1. The molecule has 7 rings (SSSR count). The Morgan fingerprint density at radius 3 is 2.37 bits per heavy atom. The third-order valence-corrected chi connectivity index (χ3v) is 6.94. The summed E-state index contributed by atoms with van der Waals surface area (Å²) in [6, 6.07) is 18.3. The molecule has 5 heteroatoms. The molecule has 0 fully saturated rings. The number of benzene rings is 1. The highest BCUT2D eigenvalue weighted by molar-refractivity contribution is 5.84. The molecule has 0 saturated heterocycles. The van der Waals surface area contributed by atoms with E-state index in [0.29, 0.717) is 6.42 Å². The second-order valence-electron chi connectivity index (χ2n) is 8.04. The zero-order valence-corrected chi connectivity index (χ0v) is 16.4. The molecule has 5 nitrogen and oxygen atoms in total. The fraction of sp³-hybridized carbons (Fsp3) is 0.200. The molecule has 0 amide bonds. The van der Waals surface area contributed by atoms with Crippen molar-refractivity contribution in [1.82, 2.24) is 0 Å². The van der Waals surface area contributed by atoms with Gasteiger partial charge in [0.05, 0.1) is 43.5 Å². The van der Waals surface area contributed by atoms with Gasteiger partial charge in [0.25, 0.3) is 5.54 Å². The van der Waals surface area contributed by atoms with Gasteiger partial charge >= 0.3 is 5.97 Å². The molecule has 148 valence electrons. The number of rotatable bonds is 3. The number of hydrogen-bond donors (Lipinski definition) is 0. The van der Waals surface area contributed by atoms with E-state index in [0.717, 1.165) is 27.9 Å². The Hall–Kier alpha value is -3.60. The highest BCUT2D eigenvalue weighted by Crippen LogP contribution is 2.61. The van der Waals surface area contributed by atoms with Gasteiger partial charge in [0.1, 0.15) is 0 Å². The Kier molecular flexibility index (Phi) is 3.43. The molecule has 5 heterocycles. The molecule has 0 N–H and O–H groups in total. The van der Waals surface area contributed by atoms with E-state index in [1.807, 2.05) is 42.6 Å². The highest BCUT2D eigenvalue weighted by Gasteiger charge is 2.70. The van der Waals surface area contributed by atoms with Gasteiger partial charge < -0.3 is 13.6 Å². The Morgan fingerprint density at radius 1 is 1.00 bits per heavy atom. The van der Waals surface area contributed by atoms with E-state index in [1.165, 1.54) is 7.11 Å². The van der Waals surface area contributed by atoms with Crippen molar-refractivity contribution in [2.24, 2.45) is 0 Å². The second-order valence-corrected chi connectivity index (χ2v) is 8.04. The van der Waals surface area contributed by atoms with Gasteiger partial charge in [0.15, 0.2) is 11.9 Å². The lowest BCUT2D eigenvalue weighted by Gasteiger charge is -2.52. The van der Waals surface area contributed by atoms with Gasteiger partial charge in [-0.1, -0.05) is 30.3 Å². The summed E-state index contributed by atoms with van der Waals surface area (Å²) < 4.78 is 18.6. The Morgan fingerprint density at radius 2 is 1.70 bits per heavy atom. The Bertz CT molecular complexity index is 1160. The summed E-state index contributed by atoms with van der Waals surface area (Å²) in [6.45, 7) is 0. The van der Waals surface area contributed by atoms with Crippen molar-refractivity contribution in [3.05, 3.63) is 114 Å². The fourth-order valence-corrected chi connectivity index (χ4v) is 5.85. The first-order valence-corrected chi connectivity index (χ1v) is 9.98. The second kappa shape index (κ2) is 5.95. The van der Waals surface area contributed by atoms with Crippen LogP contribution in [0.1, 0.15) is 40.3 Å². The zero-order valence-electron chi connectivity index (χ0n) is 16.4. The zero-order chi connectivity index (χ0) is 20.3. The average Bonchev–Trinajstić information content (AvgIpc) is 3.53. The van der Waals surface area contributed by atoms with E-state index < -0.39 is 11.0 Å². The molecule has 4 aromatic rings. The van der Waals surface area contributed by atoms with Gasteiger partial charge in [-0.2, -0.15) is 4.57 Å². The predicted octanol–water partition coefficient (Wildman–Crippen LogP) is 3.91. The van der Waals surface area contributed by atoms with E-state index in [4.69, 9.17) is 13.6 Å². The molecule has 2 bridgehead atoms. The maximum absolute atomic E-state index is 13.6. The lowest BCUT2D eigenvalue weighted by molar-refractivity contribution is -0.759. The maximum Gasteiger partial charge on any atom is 0.383 e. The van der Waals surface area contributed by atoms with Gasteiger partial charge in [0.2, 0.25) is 0 Å². The average molecular weight is 398 g/mol. The number of fused-ring (bicyclic) bond motifs is 1. The predicted molar refractivity (Wildman–Crippen MR) is 107 cm³/mol. The smallest absolute Gasteiger partial charge is 0.383 e. The van der Waals surface area contributed by atoms with Crippen LogP contribution in [0.25, 0.3) is 0 Å². The van der Waals surface area contributed by atoms with Crippen LogP contribution in [0.15, 0.2) is 94.7 Å². The van der Waals surface area contributed by atoms with Crippen molar-refractivity contribution < 1.29 is 22.9 Å². The summed E-state index contributed by atoms with van der Waals surface area (Å²) in [7, 11) is 1.46. The van der Waals surface area contributed by atoms with Crippen molar-refractivity contribution >= 4 is 5.97 Å². The molecule has 1 aliphatic carbocycles. The summed E-state index contributed by atoms with van der Waals surface area (Å²) >= 11 is 0. The molecule has 3 aliphatic rings. The summed E-state index contributed by atoms with van der Waals surface area (Å²) in [5, 5.41) is 0. The summed E-state index contributed by atoms with van der Waals surface area (Å²) in [5.41, 5.74) is 3.69. The van der Waals surface area contributed by atoms with E-state index in [2.05, 4.69) is 22.8 Å². The van der Waals surface area contributed by atoms with Gasteiger partial charge in [-0.3, -0.25) is 0 Å². The molecular formula is C25H20NO4+. The van der Waals surface area contributed by atoms with Crippen LogP contribution in [0.4, 0.5) is 0 Å². The summed E-state index contributed by atoms with van der Waals surface area (Å²) in [4.78, 5) is 13.6. The molecule has 0 unspecified atom stereocenters. The van der Waals surface area contributed by atoms with E-state index in [9.17, 15) is 4.79 Å². The summed E-state index contributed by atoms with van der Waals surface area (Å²) in [6.07, 6.45) is 9.45. The number of aromatic nitrogens is 1. The first kappa shape index (κ1) is 17.3. The van der Waals surface area contributed by atoms with Gasteiger partial charge in [-0.05, 0) is 17.7 Å². The largest absolute Gasteiger partial charge is 0.472 e. The molecule has 0 saturated carbocycles. The maximum atomic E-state index is 13.6. The number of nitrogens with zero attached hydrogens (tertiary/aromatic N) is 1. The van der Waals surface area contributed by atoms with Crippen LogP contribution < -0.4 is 4.57 Å². The van der Waals surface area contributed by atoms with Crippen LogP contribution in [-0.2, 0) is 20.5 Å². The lowest BCUT2D eigenvalue weighted by Crippen LogP contribution is -2.74. The first-order chi connectivity index (χ1) is 14.7. The first-order valence-electron chi connectivity index (χ1n) is 9.98. The third kappa shape index (κ3) is 1.88. The van der Waals surface area contributed by atoms with Crippen LogP contribution in [0.3, 0.4) is 0 Å². The van der Waals surface area contributed by atoms with Crippen LogP contribution in [0.5, 0.6) is 0 Å². The molecule has 0 radical (unpaired) electrons. The van der Waals surface area contributed by atoms with Crippen molar-refractivity contribution in [3.63, 3.8) is 0 Å². The van der Waals surface area contributed by atoms with Crippen LogP contribution in [0, 0.1) is 0 Å². The highest BCUT2D eigenvalue weighted by atomic mass is 16.5. The number of ether oxygens (including phenoxy) is 1. The van der Waals surface area contributed by atoms with E-state index in [1.54, 1.807) is 25.1 Å². The minimum atomic E-state index is -0.995. The van der Waals surface area contributed by atoms with Gasteiger partial charge in [-0.15, -0.1) is 0 Å². The lowest BCUT2D eigenvalue weighted by atomic mass is 9.50. The Balaban J connectivity index is 1.80. The molecule has 0 spiro atoms.